The second-order valence-corrected chi connectivity index (χ2v) is 7.20. The molecule has 2 rings (SSSR count). The van der Waals surface area contributed by atoms with Crippen LogP contribution in [0.5, 0.6) is 0 Å². The lowest BCUT2D eigenvalue weighted by Gasteiger charge is -2.40. The van der Waals surface area contributed by atoms with Gasteiger partial charge in [-0.2, -0.15) is 0 Å². The van der Waals surface area contributed by atoms with E-state index in [1.807, 2.05) is 20.8 Å². The third-order valence-corrected chi connectivity index (χ3v) is 4.60. The van der Waals surface area contributed by atoms with E-state index in [4.69, 9.17) is 4.74 Å². The van der Waals surface area contributed by atoms with Gasteiger partial charge in [-0.1, -0.05) is 6.92 Å². The molecule has 1 unspecified atom stereocenters. The molecule has 4 heteroatoms. The maximum atomic E-state index is 12.1. The molecule has 1 aliphatic heterocycles. The van der Waals surface area contributed by atoms with Crippen molar-refractivity contribution < 1.29 is 14.3 Å². The van der Waals surface area contributed by atoms with Crippen molar-refractivity contribution in [3.63, 3.8) is 0 Å². The van der Waals surface area contributed by atoms with E-state index in [2.05, 4.69) is 12.9 Å². The summed E-state index contributed by atoms with van der Waals surface area (Å²) >= 11 is 0. The molecule has 1 saturated carbocycles. The average molecular weight is 279 g/mol. The number of rotatable bonds is 0. The van der Waals surface area contributed by atoms with Crippen molar-refractivity contribution in [2.24, 2.45) is 11.3 Å². The highest BCUT2D eigenvalue weighted by molar-refractivity contribution is 5.68. The molecule has 2 fully saturated rings. The third-order valence-electron chi connectivity index (χ3n) is 4.60. The first-order valence-corrected chi connectivity index (χ1v) is 7.51. The zero-order valence-corrected chi connectivity index (χ0v) is 13.0. The van der Waals surface area contributed by atoms with Gasteiger partial charge in [0.25, 0.3) is 0 Å². The number of likely N-dealkylation sites (tertiary alicyclic amines) is 1. The van der Waals surface area contributed by atoms with E-state index >= 15 is 0 Å². The smallest absolute Gasteiger partial charge is 0.410 e. The molecule has 1 spiro atoms. The van der Waals surface area contributed by atoms with Crippen LogP contribution in [0.2, 0.25) is 0 Å². The molecule has 0 bridgehead atoms. The van der Waals surface area contributed by atoms with Gasteiger partial charge in [-0.05, 0) is 52.4 Å². The first-order chi connectivity index (χ1) is 9.27. The molecule has 1 saturated heterocycles. The van der Waals surface area contributed by atoms with Crippen LogP contribution in [0.4, 0.5) is 4.79 Å². The molecule has 0 aromatic rings. The van der Waals surface area contributed by atoms with Crippen molar-refractivity contribution in [3.8, 4) is 0 Å². The number of piperidine rings is 1. The van der Waals surface area contributed by atoms with Crippen molar-refractivity contribution in [2.75, 3.05) is 13.1 Å². The first kappa shape index (κ1) is 15.1. The van der Waals surface area contributed by atoms with Gasteiger partial charge in [-0.15, -0.1) is 0 Å². The largest absolute Gasteiger partial charge is 0.444 e. The Morgan fingerprint density at radius 3 is 2.40 bits per heavy atom. The van der Waals surface area contributed by atoms with Gasteiger partial charge in [0, 0.05) is 24.1 Å². The number of amides is 1. The van der Waals surface area contributed by atoms with Crippen LogP contribution in [0.15, 0.2) is 5.57 Å². The van der Waals surface area contributed by atoms with Crippen LogP contribution < -0.4 is 0 Å². The monoisotopic (exact) mass is 279 g/mol. The second kappa shape index (κ2) is 5.25. The van der Waals surface area contributed by atoms with E-state index in [-0.39, 0.29) is 11.5 Å². The van der Waals surface area contributed by atoms with Crippen molar-refractivity contribution in [1.29, 1.82) is 0 Å². The molecule has 1 atom stereocenters. The van der Waals surface area contributed by atoms with E-state index in [9.17, 15) is 9.59 Å². The summed E-state index contributed by atoms with van der Waals surface area (Å²) in [5, 5.41) is 0. The van der Waals surface area contributed by atoms with Crippen LogP contribution in [0.3, 0.4) is 0 Å². The number of hydrogen-bond donors (Lipinski definition) is 0. The van der Waals surface area contributed by atoms with Gasteiger partial charge in [0.15, 0.2) is 0 Å². The Bertz CT molecular complexity index is 435. The Morgan fingerprint density at radius 1 is 1.30 bits per heavy atom. The summed E-state index contributed by atoms with van der Waals surface area (Å²) in [5.74, 6) is 2.54. The maximum absolute atomic E-state index is 12.1. The van der Waals surface area contributed by atoms with Crippen LogP contribution >= 0.6 is 0 Å². The molecule has 1 heterocycles. The lowest BCUT2D eigenvalue weighted by Crippen LogP contribution is -2.45. The van der Waals surface area contributed by atoms with Gasteiger partial charge in [-0.25, -0.2) is 9.59 Å². The van der Waals surface area contributed by atoms with Crippen LogP contribution in [0.1, 0.15) is 53.4 Å². The molecular formula is C16H25NO3. The van der Waals surface area contributed by atoms with E-state index in [0.717, 1.165) is 31.3 Å². The molecule has 0 N–H and O–H groups in total. The lowest BCUT2D eigenvalue weighted by molar-refractivity contribution is 0.0139. The van der Waals surface area contributed by atoms with E-state index in [1.165, 1.54) is 0 Å². The van der Waals surface area contributed by atoms with Gasteiger partial charge in [0.05, 0.1) is 0 Å². The van der Waals surface area contributed by atoms with E-state index < -0.39 is 5.60 Å². The lowest BCUT2D eigenvalue weighted by atomic mass is 9.73. The van der Waals surface area contributed by atoms with Crippen molar-refractivity contribution >= 4 is 12.0 Å². The summed E-state index contributed by atoms with van der Waals surface area (Å²) < 4.78 is 5.41. The predicted molar refractivity (Wildman–Crippen MR) is 77.1 cm³/mol. The van der Waals surface area contributed by atoms with E-state index in [0.29, 0.717) is 19.0 Å². The summed E-state index contributed by atoms with van der Waals surface area (Å²) in [4.78, 5) is 25.0. The Labute approximate surface area is 121 Å². The fourth-order valence-electron chi connectivity index (χ4n) is 3.47. The normalized spacial score (nSPS) is 25.7. The zero-order chi connectivity index (χ0) is 15.0. The molecule has 0 aromatic carbocycles. The molecule has 112 valence electrons. The fraction of sp³-hybridized carbons (Fsp3) is 0.812. The van der Waals surface area contributed by atoms with Crippen LogP contribution in [0, 0.1) is 11.3 Å². The minimum atomic E-state index is -0.456. The molecule has 2 aliphatic rings. The minimum Gasteiger partial charge on any atom is -0.444 e. The summed E-state index contributed by atoms with van der Waals surface area (Å²) in [5.41, 5.74) is 0.489. The van der Waals surface area contributed by atoms with Crippen LogP contribution in [-0.2, 0) is 9.53 Å². The standard InChI is InChI=1S/C16H25NO3/c1-12-5-6-16(13(12)11-18)7-9-17(10-8-16)14(19)20-15(2,3)4/h12H,5-10H2,1-4H3. The number of hydrogen-bond acceptors (Lipinski definition) is 3. The van der Waals surface area contributed by atoms with Crippen molar-refractivity contribution in [1.82, 2.24) is 4.90 Å². The topological polar surface area (TPSA) is 46.6 Å². The number of nitrogens with zero attached hydrogens (tertiary/aromatic N) is 1. The number of carbonyl (C=O) groups is 1. The molecule has 1 amide bonds. The van der Waals surface area contributed by atoms with Crippen molar-refractivity contribution in [2.45, 2.75) is 59.0 Å². The van der Waals surface area contributed by atoms with Gasteiger partial charge in [0.1, 0.15) is 11.5 Å². The van der Waals surface area contributed by atoms with Gasteiger partial charge < -0.3 is 9.64 Å². The van der Waals surface area contributed by atoms with Gasteiger partial charge in [0.2, 0.25) is 0 Å². The Morgan fingerprint density at radius 2 is 1.90 bits per heavy atom. The summed E-state index contributed by atoms with van der Waals surface area (Å²) in [6.07, 6.45) is 3.61. The molecule has 20 heavy (non-hydrogen) atoms. The Hall–Kier alpha value is -1.28. The van der Waals surface area contributed by atoms with Crippen LogP contribution in [0.25, 0.3) is 0 Å². The van der Waals surface area contributed by atoms with Gasteiger partial charge in [-0.3, -0.25) is 0 Å². The minimum absolute atomic E-state index is 0.000318. The Kier molecular flexibility index (Phi) is 3.97. The average Bonchev–Trinajstić information content (AvgIpc) is 2.65. The van der Waals surface area contributed by atoms with Crippen molar-refractivity contribution in [3.05, 3.63) is 5.57 Å². The van der Waals surface area contributed by atoms with E-state index in [1.54, 1.807) is 4.90 Å². The predicted octanol–water partition coefficient (Wildman–Crippen LogP) is 3.19. The number of carbonyl (C=O) groups excluding carboxylic acids is 2. The van der Waals surface area contributed by atoms with Crippen LogP contribution in [-0.4, -0.2) is 35.6 Å². The highest BCUT2D eigenvalue weighted by atomic mass is 16.6. The fourth-order valence-corrected chi connectivity index (χ4v) is 3.47. The molecule has 0 radical (unpaired) electrons. The molecular weight excluding hydrogens is 254 g/mol. The second-order valence-electron chi connectivity index (χ2n) is 7.20. The molecule has 4 nitrogen and oxygen atoms in total. The summed E-state index contributed by atoms with van der Waals surface area (Å²) in [7, 11) is 0. The highest BCUT2D eigenvalue weighted by Crippen LogP contribution is 2.51. The number of ether oxygens (including phenoxy) is 1. The molecule has 1 aliphatic carbocycles. The summed E-state index contributed by atoms with van der Waals surface area (Å²) in [6, 6.07) is 0. The SMILES string of the molecule is CC1CCC2(CCN(C(=O)OC(C)(C)C)CC2)C1=C=O. The number of allylic oxidation sites excluding steroid dienone is 1. The van der Waals surface area contributed by atoms with Gasteiger partial charge >= 0.3 is 6.09 Å². The maximum Gasteiger partial charge on any atom is 0.410 e. The molecule has 0 aromatic heterocycles. The summed E-state index contributed by atoms with van der Waals surface area (Å²) in [6.45, 7) is 9.08. The zero-order valence-electron chi connectivity index (χ0n) is 13.0. The first-order valence-electron chi connectivity index (χ1n) is 7.51. The quantitative estimate of drug-likeness (QED) is 0.640. The highest BCUT2D eigenvalue weighted by Gasteiger charge is 2.46. The third kappa shape index (κ3) is 2.90. The Balaban J connectivity index is 1.99.